The molecule has 0 bridgehead atoms. The first-order valence-corrected chi connectivity index (χ1v) is 7.91. The lowest BCUT2D eigenvalue weighted by Gasteiger charge is -2.33. The summed E-state index contributed by atoms with van der Waals surface area (Å²) in [5.74, 6) is 0.842. The number of ether oxygens (including phenoxy) is 1. The van der Waals surface area contributed by atoms with Gasteiger partial charge in [0.05, 0.1) is 12.8 Å². The fourth-order valence-electron chi connectivity index (χ4n) is 3.56. The molecule has 0 radical (unpaired) electrons. The molecule has 0 aromatic heterocycles. The first-order valence-electron chi connectivity index (χ1n) is 7.54. The molecular weight excluding hydrogens is 272 g/mol. The van der Waals surface area contributed by atoms with Gasteiger partial charge in [0, 0.05) is 29.7 Å². The first-order chi connectivity index (χ1) is 9.69. The quantitative estimate of drug-likeness (QED) is 0.920. The standard InChI is InChI=1S/C16H23ClN2O/c1-11-9-14(16(20-2)10-12(11)17)18-13-6-8-19-7-4-3-5-15(13)19/h9-10,13,15,18H,3-8H2,1-2H3. The number of methoxy groups -OCH3 is 1. The Morgan fingerprint density at radius 1 is 1.25 bits per heavy atom. The van der Waals surface area contributed by atoms with Crippen molar-refractivity contribution in [2.75, 3.05) is 25.5 Å². The fourth-order valence-corrected chi connectivity index (χ4v) is 3.71. The van der Waals surface area contributed by atoms with Crippen LogP contribution in [0.1, 0.15) is 31.2 Å². The Hall–Kier alpha value is -0.930. The Kier molecular flexibility index (Phi) is 4.08. The minimum absolute atomic E-state index is 0.532. The summed E-state index contributed by atoms with van der Waals surface area (Å²) in [5, 5.41) is 4.46. The lowest BCUT2D eigenvalue weighted by molar-refractivity contribution is 0.192. The Balaban J connectivity index is 1.79. The number of halogens is 1. The summed E-state index contributed by atoms with van der Waals surface area (Å²) in [5.41, 5.74) is 2.17. The van der Waals surface area contributed by atoms with E-state index in [0.29, 0.717) is 12.1 Å². The second kappa shape index (κ2) is 5.82. The van der Waals surface area contributed by atoms with Crippen molar-refractivity contribution in [3.05, 3.63) is 22.7 Å². The van der Waals surface area contributed by atoms with E-state index in [1.807, 2.05) is 13.0 Å². The molecule has 2 aliphatic heterocycles. The van der Waals surface area contributed by atoms with Gasteiger partial charge in [0.15, 0.2) is 0 Å². The van der Waals surface area contributed by atoms with Crippen molar-refractivity contribution in [1.29, 1.82) is 0 Å². The van der Waals surface area contributed by atoms with E-state index < -0.39 is 0 Å². The molecule has 2 saturated heterocycles. The van der Waals surface area contributed by atoms with Crippen molar-refractivity contribution < 1.29 is 4.74 Å². The van der Waals surface area contributed by atoms with Gasteiger partial charge in [-0.1, -0.05) is 18.0 Å². The summed E-state index contributed by atoms with van der Waals surface area (Å²) < 4.78 is 5.47. The predicted molar refractivity (Wildman–Crippen MR) is 84.0 cm³/mol. The van der Waals surface area contributed by atoms with Crippen LogP contribution in [0, 0.1) is 6.92 Å². The van der Waals surface area contributed by atoms with Crippen LogP contribution in [0.15, 0.2) is 12.1 Å². The van der Waals surface area contributed by atoms with E-state index >= 15 is 0 Å². The third kappa shape index (κ3) is 2.61. The van der Waals surface area contributed by atoms with Gasteiger partial charge in [-0.2, -0.15) is 0 Å². The second-order valence-corrected chi connectivity index (χ2v) is 6.35. The van der Waals surface area contributed by atoms with Crippen LogP contribution in [0.25, 0.3) is 0 Å². The smallest absolute Gasteiger partial charge is 0.143 e. The van der Waals surface area contributed by atoms with E-state index in [4.69, 9.17) is 16.3 Å². The van der Waals surface area contributed by atoms with Crippen molar-refractivity contribution in [1.82, 2.24) is 4.90 Å². The Morgan fingerprint density at radius 3 is 2.90 bits per heavy atom. The topological polar surface area (TPSA) is 24.5 Å². The summed E-state index contributed by atoms with van der Waals surface area (Å²) in [6.07, 6.45) is 5.24. The molecule has 20 heavy (non-hydrogen) atoms. The zero-order chi connectivity index (χ0) is 14.1. The van der Waals surface area contributed by atoms with Gasteiger partial charge in [0.1, 0.15) is 5.75 Å². The molecule has 2 fully saturated rings. The maximum Gasteiger partial charge on any atom is 0.143 e. The first kappa shape index (κ1) is 14.0. The van der Waals surface area contributed by atoms with E-state index in [2.05, 4.69) is 16.3 Å². The van der Waals surface area contributed by atoms with Crippen molar-refractivity contribution in [3.8, 4) is 5.75 Å². The highest BCUT2D eigenvalue weighted by atomic mass is 35.5. The van der Waals surface area contributed by atoms with Crippen molar-refractivity contribution in [2.45, 2.75) is 44.7 Å². The van der Waals surface area contributed by atoms with Gasteiger partial charge in [-0.25, -0.2) is 0 Å². The molecule has 2 atom stereocenters. The third-order valence-electron chi connectivity index (χ3n) is 4.68. The van der Waals surface area contributed by atoms with E-state index in [1.54, 1.807) is 7.11 Å². The average molecular weight is 295 g/mol. The van der Waals surface area contributed by atoms with Crippen molar-refractivity contribution >= 4 is 17.3 Å². The molecule has 1 N–H and O–H groups in total. The highest BCUT2D eigenvalue weighted by Crippen LogP contribution is 2.35. The third-order valence-corrected chi connectivity index (χ3v) is 5.08. The number of benzene rings is 1. The van der Waals surface area contributed by atoms with Crippen LogP contribution in [0.4, 0.5) is 5.69 Å². The number of anilines is 1. The molecule has 0 saturated carbocycles. The van der Waals surface area contributed by atoms with E-state index in [0.717, 1.165) is 22.0 Å². The van der Waals surface area contributed by atoms with Gasteiger partial charge in [0.2, 0.25) is 0 Å². The number of nitrogens with zero attached hydrogens (tertiary/aromatic N) is 1. The minimum atomic E-state index is 0.532. The van der Waals surface area contributed by atoms with E-state index in [9.17, 15) is 0 Å². The summed E-state index contributed by atoms with van der Waals surface area (Å²) >= 11 is 6.18. The summed E-state index contributed by atoms with van der Waals surface area (Å²) in [7, 11) is 1.70. The SMILES string of the molecule is COc1cc(Cl)c(C)cc1NC1CCN2CCCCC12. The minimum Gasteiger partial charge on any atom is -0.495 e. The Morgan fingerprint density at radius 2 is 2.10 bits per heavy atom. The van der Waals surface area contributed by atoms with Crippen LogP contribution in [0.3, 0.4) is 0 Å². The van der Waals surface area contributed by atoms with E-state index in [-0.39, 0.29) is 0 Å². The number of hydrogen-bond donors (Lipinski definition) is 1. The monoisotopic (exact) mass is 294 g/mol. The van der Waals surface area contributed by atoms with Crippen LogP contribution >= 0.6 is 11.6 Å². The van der Waals surface area contributed by atoms with Gasteiger partial charge in [-0.05, 0) is 44.4 Å². The zero-order valence-electron chi connectivity index (χ0n) is 12.3. The Bertz CT molecular complexity index is 492. The maximum absolute atomic E-state index is 6.18. The summed E-state index contributed by atoms with van der Waals surface area (Å²) in [6, 6.07) is 5.23. The summed E-state index contributed by atoms with van der Waals surface area (Å²) in [6.45, 7) is 4.52. The van der Waals surface area contributed by atoms with Gasteiger partial charge in [-0.3, -0.25) is 4.90 Å². The van der Waals surface area contributed by atoms with Crippen LogP contribution in [-0.4, -0.2) is 37.2 Å². The normalized spacial score (nSPS) is 26.4. The molecule has 110 valence electrons. The molecule has 2 unspecified atom stereocenters. The molecule has 0 amide bonds. The molecule has 2 aliphatic rings. The number of piperidine rings is 1. The predicted octanol–water partition coefficient (Wildman–Crippen LogP) is 3.70. The molecule has 4 heteroatoms. The van der Waals surface area contributed by atoms with Crippen LogP contribution in [0.2, 0.25) is 5.02 Å². The highest BCUT2D eigenvalue weighted by Gasteiger charge is 2.35. The number of nitrogens with one attached hydrogen (secondary N) is 1. The molecule has 1 aromatic carbocycles. The molecule has 1 aromatic rings. The molecule has 3 rings (SSSR count). The van der Waals surface area contributed by atoms with Gasteiger partial charge < -0.3 is 10.1 Å². The lowest BCUT2D eigenvalue weighted by Crippen LogP contribution is -2.41. The number of aryl methyl sites for hydroxylation is 1. The number of hydrogen-bond acceptors (Lipinski definition) is 3. The van der Waals surface area contributed by atoms with Gasteiger partial charge in [-0.15, -0.1) is 0 Å². The van der Waals surface area contributed by atoms with Crippen molar-refractivity contribution in [2.24, 2.45) is 0 Å². The molecule has 0 spiro atoms. The number of fused-ring (bicyclic) bond motifs is 1. The van der Waals surface area contributed by atoms with Gasteiger partial charge >= 0.3 is 0 Å². The lowest BCUT2D eigenvalue weighted by atomic mass is 9.98. The number of rotatable bonds is 3. The molecular formula is C16H23ClN2O. The Labute approximate surface area is 126 Å². The van der Waals surface area contributed by atoms with E-state index in [1.165, 1.54) is 38.8 Å². The zero-order valence-corrected chi connectivity index (χ0v) is 13.0. The van der Waals surface area contributed by atoms with Crippen LogP contribution < -0.4 is 10.1 Å². The highest BCUT2D eigenvalue weighted by molar-refractivity contribution is 6.31. The molecule has 0 aliphatic carbocycles. The van der Waals surface area contributed by atoms with Crippen LogP contribution in [0.5, 0.6) is 5.75 Å². The molecule has 2 heterocycles. The van der Waals surface area contributed by atoms with Gasteiger partial charge in [0.25, 0.3) is 0 Å². The molecule has 3 nitrogen and oxygen atoms in total. The largest absolute Gasteiger partial charge is 0.495 e. The summed E-state index contributed by atoms with van der Waals surface area (Å²) in [4.78, 5) is 2.64. The second-order valence-electron chi connectivity index (χ2n) is 5.94. The maximum atomic E-state index is 6.18. The van der Waals surface area contributed by atoms with Crippen LogP contribution in [-0.2, 0) is 0 Å². The average Bonchev–Trinajstić information content (AvgIpc) is 2.86. The van der Waals surface area contributed by atoms with Crippen molar-refractivity contribution in [3.63, 3.8) is 0 Å². The fraction of sp³-hybridized carbons (Fsp3) is 0.625.